The average Bonchev–Trinajstić information content (AvgIpc) is 4.12. The number of benzene rings is 4. The summed E-state index contributed by atoms with van der Waals surface area (Å²) in [4.78, 5) is 64.5. The van der Waals surface area contributed by atoms with Crippen LogP contribution in [0.3, 0.4) is 0 Å². The average molecular weight is 939 g/mol. The normalized spacial score (nSPS) is 16.2. The van der Waals surface area contributed by atoms with Crippen LogP contribution in [0.15, 0.2) is 134 Å². The molecular weight excluding hydrogens is 893 g/mol. The molecule has 70 heavy (non-hydrogen) atoms. The van der Waals surface area contributed by atoms with Crippen LogP contribution in [-0.4, -0.2) is 95.4 Å². The topological polar surface area (TPSA) is 258 Å². The number of ether oxygens (including phenoxy) is 4. The smallest absolute Gasteiger partial charge is 0.303 e. The summed E-state index contributed by atoms with van der Waals surface area (Å²) in [6, 6.07) is 44.6. The standard InChI is InChI=1S/C31H30N6O7.C20H16N6/c1-18(38)41-16-24-27(42-19(2)39)28(43-20(3)40)31(44-24)37-17-34-26-29(35-25(14-32)36-30(26)37)33-15-23(21-10-6-4-7-11-21)22-12-8-5-9-13-22;21-11-17-25-19(18-20(26-17)24-13-23-18)22-12-16(14-7-3-1-4-8-14)15-9-5-2-6-10-15/h4-13,17,23-24,27-28,31H,15-16H2,1-3H3,(H,33,35,36);1-10,13,16H,12H2,(H2,22,23,24,25,26)/t24-,27?,28?,31?;/m1./s1. The molecule has 1 aliphatic rings. The number of carbonyl (C=O) groups excluding carboxylic acids is 3. The van der Waals surface area contributed by atoms with Gasteiger partial charge in [0.1, 0.15) is 30.4 Å². The van der Waals surface area contributed by atoms with Gasteiger partial charge in [0, 0.05) is 45.7 Å². The predicted molar refractivity (Wildman–Crippen MR) is 255 cm³/mol. The van der Waals surface area contributed by atoms with Crippen LogP contribution in [0.1, 0.15) is 72.7 Å². The Morgan fingerprint density at radius 1 is 0.657 bits per heavy atom. The Hall–Kier alpha value is -9.07. The van der Waals surface area contributed by atoms with E-state index in [9.17, 15) is 19.6 Å². The first-order chi connectivity index (χ1) is 34.1. The zero-order valence-corrected chi connectivity index (χ0v) is 38.2. The molecule has 0 saturated carbocycles. The van der Waals surface area contributed by atoms with Crippen molar-refractivity contribution in [3.63, 3.8) is 0 Å². The summed E-state index contributed by atoms with van der Waals surface area (Å²) in [5.74, 6) is -0.896. The second kappa shape index (κ2) is 22.2. The molecule has 4 aromatic carbocycles. The lowest BCUT2D eigenvalue weighted by Gasteiger charge is -2.23. The quantitative estimate of drug-likeness (QED) is 0.0710. The third-order valence-electron chi connectivity index (χ3n) is 11.3. The summed E-state index contributed by atoms with van der Waals surface area (Å²) in [7, 11) is 0. The monoisotopic (exact) mass is 938 g/mol. The molecule has 1 saturated heterocycles. The van der Waals surface area contributed by atoms with Gasteiger partial charge in [0.05, 0.1) is 12.7 Å². The summed E-state index contributed by atoms with van der Waals surface area (Å²) in [6.07, 6.45) is -1.35. The third-order valence-corrected chi connectivity index (χ3v) is 11.3. The first kappa shape index (κ1) is 47.4. The van der Waals surface area contributed by atoms with E-state index in [0.29, 0.717) is 41.4 Å². The molecule has 3 unspecified atom stereocenters. The van der Waals surface area contributed by atoms with Crippen LogP contribution >= 0.6 is 0 Å². The molecule has 0 spiro atoms. The van der Waals surface area contributed by atoms with Crippen molar-refractivity contribution in [1.82, 2.24) is 39.5 Å². The molecule has 19 heteroatoms. The van der Waals surface area contributed by atoms with Gasteiger partial charge < -0.3 is 34.6 Å². The highest BCUT2D eigenvalue weighted by Gasteiger charge is 2.51. The van der Waals surface area contributed by atoms with E-state index in [0.717, 1.165) is 11.1 Å². The lowest BCUT2D eigenvalue weighted by molar-refractivity contribution is -0.166. The van der Waals surface area contributed by atoms with Crippen molar-refractivity contribution in [3.8, 4) is 12.1 Å². The van der Waals surface area contributed by atoms with E-state index in [1.807, 2.05) is 109 Å². The van der Waals surface area contributed by atoms with Crippen molar-refractivity contribution in [2.45, 2.75) is 57.1 Å². The van der Waals surface area contributed by atoms with Crippen LogP contribution in [0.4, 0.5) is 11.6 Å². The van der Waals surface area contributed by atoms with Crippen LogP contribution in [0.5, 0.6) is 0 Å². The molecule has 352 valence electrons. The Kier molecular flexibility index (Phi) is 15.0. The number of hydrogen-bond acceptors (Lipinski definition) is 17. The zero-order valence-electron chi connectivity index (χ0n) is 38.2. The Morgan fingerprint density at radius 3 is 1.64 bits per heavy atom. The molecule has 19 nitrogen and oxygen atoms in total. The fraction of sp³-hybridized carbons (Fsp3) is 0.235. The van der Waals surface area contributed by atoms with E-state index >= 15 is 0 Å². The SMILES string of the molecule is CC(=O)OC[C@H]1OC(n2cnc3c(NCC(c4ccccc4)c4ccccc4)nc(C#N)nc32)C(OC(C)=O)C1OC(C)=O.N#Cc1nc(NCC(c2ccccc2)c2ccccc2)c2[nH]cnc2n1. The first-order valence-electron chi connectivity index (χ1n) is 22.2. The molecule has 4 atom stereocenters. The predicted octanol–water partition coefficient (Wildman–Crippen LogP) is 6.73. The molecule has 5 heterocycles. The fourth-order valence-corrected chi connectivity index (χ4v) is 8.20. The highest BCUT2D eigenvalue weighted by Crippen LogP contribution is 2.37. The number of aromatic nitrogens is 8. The zero-order chi connectivity index (χ0) is 49.0. The maximum atomic E-state index is 12.1. The summed E-state index contributed by atoms with van der Waals surface area (Å²) >= 11 is 0. The van der Waals surface area contributed by atoms with E-state index < -0.39 is 42.4 Å². The molecule has 8 aromatic rings. The molecule has 0 radical (unpaired) electrons. The number of anilines is 2. The third kappa shape index (κ3) is 11.2. The lowest BCUT2D eigenvalue weighted by Crippen LogP contribution is -2.40. The van der Waals surface area contributed by atoms with Crippen LogP contribution in [0.2, 0.25) is 0 Å². The minimum absolute atomic E-state index is 0.0481. The minimum Gasteiger partial charge on any atom is -0.463 e. The second-order valence-corrected chi connectivity index (χ2v) is 16.0. The van der Waals surface area contributed by atoms with Gasteiger partial charge in [-0.2, -0.15) is 30.5 Å². The molecule has 9 rings (SSSR count). The molecule has 0 amide bonds. The van der Waals surface area contributed by atoms with Crippen molar-refractivity contribution in [3.05, 3.63) is 168 Å². The second-order valence-electron chi connectivity index (χ2n) is 16.0. The van der Waals surface area contributed by atoms with Crippen LogP contribution in [-0.2, 0) is 33.3 Å². The Labute approximate surface area is 401 Å². The van der Waals surface area contributed by atoms with E-state index in [-0.39, 0.29) is 35.7 Å². The van der Waals surface area contributed by atoms with Gasteiger partial charge in [-0.05, 0) is 22.3 Å². The fourth-order valence-electron chi connectivity index (χ4n) is 8.20. The van der Waals surface area contributed by atoms with Crippen molar-refractivity contribution in [1.29, 1.82) is 10.5 Å². The van der Waals surface area contributed by atoms with Gasteiger partial charge in [0.2, 0.25) is 11.6 Å². The van der Waals surface area contributed by atoms with Crippen molar-refractivity contribution in [2.24, 2.45) is 0 Å². The summed E-state index contributed by atoms with van der Waals surface area (Å²) in [5, 5.41) is 25.7. The van der Waals surface area contributed by atoms with Crippen LogP contribution in [0, 0.1) is 22.7 Å². The van der Waals surface area contributed by atoms with Gasteiger partial charge in [-0.3, -0.25) is 19.0 Å². The van der Waals surface area contributed by atoms with Gasteiger partial charge in [-0.1, -0.05) is 121 Å². The maximum absolute atomic E-state index is 12.1. The Balaban J connectivity index is 0.000000214. The molecule has 1 fully saturated rings. The van der Waals surface area contributed by atoms with Crippen molar-refractivity contribution >= 4 is 51.9 Å². The highest BCUT2D eigenvalue weighted by molar-refractivity contribution is 5.84. The van der Waals surface area contributed by atoms with Gasteiger partial charge in [-0.15, -0.1) is 0 Å². The number of carbonyl (C=O) groups is 3. The Morgan fingerprint density at radius 2 is 1.14 bits per heavy atom. The number of imidazole rings is 2. The number of fused-ring (bicyclic) bond motifs is 2. The molecular formula is C51H46N12O7. The van der Waals surface area contributed by atoms with Crippen molar-refractivity contribution in [2.75, 3.05) is 30.3 Å². The summed E-state index contributed by atoms with van der Waals surface area (Å²) < 4.78 is 23.8. The summed E-state index contributed by atoms with van der Waals surface area (Å²) in [5.41, 5.74) is 6.32. The van der Waals surface area contributed by atoms with E-state index in [1.165, 1.54) is 42.8 Å². The highest BCUT2D eigenvalue weighted by atomic mass is 16.7. The van der Waals surface area contributed by atoms with E-state index in [1.54, 1.807) is 6.33 Å². The number of nitriles is 2. The lowest BCUT2D eigenvalue weighted by atomic mass is 9.91. The van der Waals surface area contributed by atoms with E-state index in [4.69, 9.17) is 24.2 Å². The summed E-state index contributed by atoms with van der Waals surface area (Å²) in [6.45, 7) is 4.43. The number of hydrogen-bond donors (Lipinski definition) is 3. The number of nitrogens with zero attached hydrogens (tertiary/aromatic N) is 9. The van der Waals surface area contributed by atoms with Crippen LogP contribution < -0.4 is 10.6 Å². The number of H-pyrrole nitrogens is 1. The number of aromatic amines is 1. The number of esters is 3. The largest absolute Gasteiger partial charge is 0.463 e. The molecule has 0 bridgehead atoms. The number of rotatable bonds is 15. The van der Waals surface area contributed by atoms with Gasteiger partial charge in [0.25, 0.3) is 0 Å². The molecule has 3 N–H and O–H groups in total. The van der Waals surface area contributed by atoms with Gasteiger partial charge in [0.15, 0.2) is 46.9 Å². The molecule has 1 aliphatic heterocycles. The first-order valence-corrected chi connectivity index (χ1v) is 22.2. The van der Waals surface area contributed by atoms with E-state index in [2.05, 4.69) is 69.8 Å². The van der Waals surface area contributed by atoms with Gasteiger partial charge in [-0.25, -0.2) is 9.97 Å². The number of nitrogens with one attached hydrogen (secondary N) is 3. The van der Waals surface area contributed by atoms with Gasteiger partial charge >= 0.3 is 17.9 Å². The molecule has 4 aromatic heterocycles. The maximum Gasteiger partial charge on any atom is 0.303 e. The van der Waals surface area contributed by atoms with Crippen molar-refractivity contribution < 1.29 is 33.3 Å². The minimum atomic E-state index is -1.15. The molecule has 0 aliphatic carbocycles. The van der Waals surface area contributed by atoms with Crippen LogP contribution in [0.25, 0.3) is 22.3 Å². The Bertz CT molecular complexity index is 3080.